The number of hydroxylamine groups is 4. The lowest BCUT2D eigenvalue weighted by atomic mass is 10.3. The molecule has 4 aliphatic heterocycles. The maximum Gasteiger partial charge on any atom is 0.284 e. The molecule has 8 rings (SSSR count). The van der Waals surface area contributed by atoms with Crippen molar-refractivity contribution in [2.45, 2.75) is 68.5 Å². The van der Waals surface area contributed by atoms with Crippen molar-refractivity contribution in [2.24, 2.45) is 0 Å². The zero-order valence-electron chi connectivity index (χ0n) is 43.6. The van der Waals surface area contributed by atoms with Gasteiger partial charge in [0.05, 0.1) is 108 Å². The molecule has 0 amide bonds. The lowest BCUT2D eigenvalue weighted by Gasteiger charge is -2.14. The van der Waals surface area contributed by atoms with Crippen molar-refractivity contribution in [3.63, 3.8) is 0 Å². The molecule has 24 nitrogen and oxygen atoms in total. The zero-order chi connectivity index (χ0) is 58.4. The Balaban J connectivity index is 0.000000196. The Kier molecular flexibility index (Phi) is 26.2. The SMILES string of the molecule is CC#CCNc1ccc(S(=O)(=O)N2CC(S)CO2)cc1.CC#CCNc1ccc(S(=O)(=O)N2CC(S)CO2)cn1.CC#CCNc1ccc(S(=O)(=O)N2CC(S)CO2)nc1.CC#CCNc1cnc(S(=O)(=O)N2CC(S)CO2)cn1. The lowest BCUT2D eigenvalue weighted by molar-refractivity contribution is -0.0285. The Morgan fingerprint density at radius 2 is 0.800 bits per heavy atom. The first-order chi connectivity index (χ1) is 38.1. The van der Waals surface area contributed by atoms with Crippen LogP contribution in [0.3, 0.4) is 0 Å². The summed E-state index contributed by atoms with van der Waals surface area (Å²) in [6.07, 6.45) is 5.29. The van der Waals surface area contributed by atoms with E-state index >= 15 is 0 Å². The average Bonchev–Trinajstić information content (AvgIpc) is 4.31. The van der Waals surface area contributed by atoms with Crippen LogP contribution < -0.4 is 21.3 Å². The minimum absolute atomic E-state index is 0.0490. The molecule has 0 aliphatic carbocycles. The fraction of sp³-hybridized carbons (Fsp3) is 0.417. The topological polar surface area (TPSA) is 286 Å². The van der Waals surface area contributed by atoms with Gasteiger partial charge >= 0.3 is 0 Å². The standard InChI is InChI=1S/C13H16N2O3S2.2C12H15N3O3S2.C11H14N4O3S2/c1-2-3-8-14-11-4-6-13(7-5-11)20(16,17)15-9-12(19)10-18-15;1-2-3-6-13-12-5-4-11(7-14-12)20(16,17)15-8-10(19)9-18-15;1-2-3-6-13-10-4-5-12(14-7-10)20(16,17)15-8-11(19)9-18-15;1-2-3-4-12-10-5-14-11(6-13-10)20(16,17)15-7-9(19)8-18-15/h4-7,12,14,19H,8-10H2,1H3;4-5,7,10,19H,6,8-9H2,1H3,(H,13,14);4-5,7,11,13,19H,6,8-9H2,1H3;5-6,9,19H,4,7-8H2,1H3,(H,12,13). The van der Waals surface area contributed by atoms with E-state index in [4.69, 9.17) is 19.4 Å². The molecular formula is C48H60N12O12S8. The van der Waals surface area contributed by atoms with E-state index in [0.717, 1.165) is 23.6 Å². The third kappa shape index (κ3) is 19.5. The zero-order valence-corrected chi connectivity index (χ0v) is 50.5. The number of nitrogens with zero attached hydrogens (tertiary/aromatic N) is 8. The van der Waals surface area contributed by atoms with E-state index in [-0.39, 0.29) is 86.8 Å². The number of benzene rings is 1. The fourth-order valence-corrected chi connectivity index (χ4v) is 12.6. The van der Waals surface area contributed by atoms with Gasteiger partial charge in [0.1, 0.15) is 16.5 Å². The highest BCUT2D eigenvalue weighted by molar-refractivity contribution is 7.90. The molecule has 4 aromatic rings. The molecular weight excluding hydrogens is 1190 g/mol. The summed E-state index contributed by atoms with van der Waals surface area (Å²) in [5.74, 6) is 23.4. The first kappa shape index (κ1) is 65.7. The molecule has 80 heavy (non-hydrogen) atoms. The fourth-order valence-electron chi connectivity index (χ4n) is 6.38. The van der Waals surface area contributed by atoms with Crippen LogP contribution in [0.4, 0.5) is 23.0 Å². The molecule has 0 bridgehead atoms. The van der Waals surface area contributed by atoms with E-state index in [0.29, 0.717) is 50.1 Å². The first-order valence-corrected chi connectivity index (χ1v) is 31.7. The minimum atomic E-state index is -3.78. The Morgan fingerprint density at radius 3 is 1.19 bits per heavy atom. The number of aromatic nitrogens is 4. The monoisotopic (exact) mass is 1250 g/mol. The van der Waals surface area contributed by atoms with Gasteiger partial charge in [0.25, 0.3) is 40.1 Å². The van der Waals surface area contributed by atoms with Crippen LogP contribution in [0.25, 0.3) is 0 Å². The van der Waals surface area contributed by atoms with E-state index in [1.54, 1.807) is 64.1 Å². The van der Waals surface area contributed by atoms with E-state index < -0.39 is 40.1 Å². The van der Waals surface area contributed by atoms with Gasteiger partial charge in [-0.1, -0.05) is 41.6 Å². The van der Waals surface area contributed by atoms with Crippen LogP contribution in [-0.4, -0.2) is 171 Å². The number of sulfonamides is 4. The van der Waals surface area contributed by atoms with E-state index in [1.165, 1.54) is 36.9 Å². The molecule has 432 valence electrons. The van der Waals surface area contributed by atoms with Gasteiger partial charge in [0.15, 0.2) is 10.1 Å². The van der Waals surface area contributed by atoms with Gasteiger partial charge in [-0.15, -0.1) is 23.7 Å². The van der Waals surface area contributed by atoms with Crippen LogP contribution in [-0.2, 0) is 59.4 Å². The largest absolute Gasteiger partial charge is 0.374 e. The highest BCUT2D eigenvalue weighted by Gasteiger charge is 2.36. The van der Waals surface area contributed by atoms with Crippen molar-refractivity contribution in [3.8, 4) is 47.4 Å². The first-order valence-electron chi connectivity index (χ1n) is 23.9. The quantitative estimate of drug-likeness (QED) is 0.0591. The maximum absolute atomic E-state index is 12.3. The molecule has 3 aromatic heterocycles. The van der Waals surface area contributed by atoms with Gasteiger partial charge in [-0.2, -0.15) is 50.5 Å². The predicted molar refractivity (Wildman–Crippen MR) is 315 cm³/mol. The van der Waals surface area contributed by atoms with Crippen LogP contribution in [0.15, 0.2) is 93.2 Å². The van der Waals surface area contributed by atoms with Crippen LogP contribution in [0.2, 0.25) is 0 Å². The molecule has 4 unspecified atom stereocenters. The Hall–Kier alpha value is -5.08. The number of hydrogen-bond donors (Lipinski definition) is 8. The number of hydrogen-bond acceptors (Lipinski definition) is 24. The molecule has 32 heteroatoms. The third-order valence-corrected chi connectivity index (χ3v) is 18.0. The second-order valence-corrected chi connectivity index (χ2v) is 26.5. The highest BCUT2D eigenvalue weighted by atomic mass is 32.2. The number of pyridine rings is 2. The second-order valence-electron chi connectivity index (χ2n) is 16.4. The molecule has 0 radical (unpaired) electrons. The van der Waals surface area contributed by atoms with Crippen LogP contribution in [0, 0.1) is 47.4 Å². The smallest absolute Gasteiger partial charge is 0.284 e. The van der Waals surface area contributed by atoms with Gasteiger partial charge in [-0.05, 0) is 76.2 Å². The third-order valence-electron chi connectivity index (χ3n) is 10.4. The van der Waals surface area contributed by atoms with Crippen LogP contribution >= 0.6 is 50.5 Å². The van der Waals surface area contributed by atoms with Gasteiger partial charge < -0.3 is 21.3 Å². The van der Waals surface area contributed by atoms with Crippen molar-refractivity contribution in [1.29, 1.82) is 0 Å². The molecule has 1 aromatic carbocycles. The Labute approximate surface area is 490 Å². The summed E-state index contributed by atoms with van der Waals surface area (Å²) >= 11 is 16.8. The van der Waals surface area contributed by atoms with Gasteiger partial charge in [-0.25, -0.2) is 53.6 Å². The predicted octanol–water partition coefficient (Wildman–Crippen LogP) is 3.00. The summed E-state index contributed by atoms with van der Waals surface area (Å²) in [6.45, 7) is 10.9. The molecule has 4 N–H and O–H groups in total. The lowest BCUT2D eigenvalue weighted by Crippen LogP contribution is -2.28. The highest BCUT2D eigenvalue weighted by Crippen LogP contribution is 2.26. The van der Waals surface area contributed by atoms with E-state index in [1.807, 2.05) is 0 Å². The van der Waals surface area contributed by atoms with Crippen molar-refractivity contribution < 1.29 is 53.0 Å². The Morgan fingerprint density at radius 1 is 0.425 bits per heavy atom. The number of rotatable bonds is 16. The van der Waals surface area contributed by atoms with Gasteiger partial charge in [0.2, 0.25) is 0 Å². The van der Waals surface area contributed by atoms with Crippen LogP contribution in [0.5, 0.6) is 0 Å². The van der Waals surface area contributed by atoms with Gasteiger partial charge in [0, 0.05) is 32.9 Å². The molecule has 4 aliphatic rings. The van der Waals surface area contributed by atoms with Crippen molar-refractivity contribution in [2.75, 3.05) is 100 Å². The van der Waals surface area contributed by atoms with E-state index in [2.05, 4.69) is 139 Å². The second kappa shape index (κ2) is 31.9. The van der Waals surface area contributed by atoms with Crippen LogP contribution in [0.1, 0.15) is 27.7 Å². The summed E-state index contributed by atoms with van der Waals surface area (Å²) < 4.78 is 102. The summed E-state index contributed by atoms with van der Waals surface area (Å²) in [5.41, 5.74) is 1.53. The number of thiol groups is 4. The number of anilines is 4. The van der Waals surface area contributed by atoms with E-state index in [9.17, 15) is 33.7 Å². The molecule has 4 atom stereocenters. The van der Waals surface area contributed by atoms with Crippen molar-refractivity contribution in [3.05, 3.63) is 73.3 Å². The summed E-state index contributed by atoms with van der Waals surface area (Å²) in [5, 5.41) is 11.3. The molecule has 0 saturated carbocycles. The van der Waals surface area contributed by atoms with Crippen molar-refractivity contribution in [1.82, 2.24) is 37.8 Å². The number of nitrogens with one attached hydrogen (secondary N) is 4. The minimum Gasteiger partial charge on any atom is -0.374 e. The normalized spacial score (nSPS) is 19.4. The van der Waals surface area contributed by atoms with Crippen molar-refractivity contribution >= 4 is 114 Å². The van der Waals surface area contributed by atoms with Gasteiger partial charge in [-0.3, -0.25) is 19.4 Å². The molecule has 4 fully saturated rings. The molecule has 7 heterocycles. The summed E-state index contributed by atoms with van der Waals surface area (Å²) in [7, 11) is -14.8. The molecule has 4 saturated heterocycles. The average molecular weight is 1250 g/mol. The molecule has 0 spiro atoms. The summed E-state index contributed by atoms with van der Waals surface area (Å²) in [4.78, 5) is 36.5. The Bertz CT molecular complexity index is 2930. The summed E-state index contributed by atoms with van der Waals surface area (Å²) in [6, 6.07) is 12.7. The maximum atomic E-state index is 12.3.